The Morgan fingerprint density at radius 1 is 1.40 bits per heavy atom. The molecule has 0 N–H and O–H groups in total. The summed E-state index contributed by atoms with van der Waals surface area (Å²) in [5.74, 6) is 2.62. The highest BCUT2D eigenvalue weighted by molar-refractivity contribution is 7.98. The highest BCUT2D eigenvalue weighted by Crippen LogP contribution is 2.40. The molecule has 0 aromatic rings. The van der Waals surface area contributed by atoms with Crippen LogP contribution in [0, 0.1) is 17.3 Å². The lowest BCUT2D eigenvalue weighted by atomic mass is 9.67. The first-order valence-corrected chi connectivity index (χ1v) is 7.38. The zero-order valence-corrected chi connectivity index (χ0v) is 11.3. The van der Waals surface area contributed by atoms with Gasteiger partial charge < -0.3 is 0 Å². The molecule has 1 rings (SSSR count). The van der Waals surface area contributed by atoms with Crippen LogP contribution in [-0.2, 0) is 4.79 Å². The van der Waals surface area contributed by atoms with Crippen molar-refractivity contribution in [1.29, 1.82) is 0 Å². The third kappa shape index (κ3) is 3.51. The molecule has 2 atom stereocenters. The molecule has 1 aliphatic rings. The highest BCUT2D eigenvalue weighted by Gasteiger charge is 2.37. The summed E-state index contributed by atoms with van der Waals surface area (Å²) in [5.41, 5.74) is 0.209. The first-order valence-electron chi connectivity index (χ1n) is 5.99. The Kier molecular flexibility index (Phi) is 4.69. The van der Waals surface area contributed by atoms with Crippen LogP contribution in [0.2, 0.25) is 0 Å². The van der Waals surface area contributed by atoms with Crippen LogP contribution in [0.15, 0.2) is 0 Å². The van der Waals surface area contributed by atoms with Crippen molar-refractivity contribution in [1.82, 2.24) is 0 Å². The van der Waals surface area contributed by atoms with Crippen LogP contribution in [0.3, 0.4) is 0 Å². The maximum Gasteiger partial charge on any atom is 0.136 e. The molecule has 1 aliphatic carbocycles. The first kappa shape index (κ1) is 13.1. The van der Waals surface area contributed by atoms with Gasteiger partial charge in [0, 0.05) is 12.3 Å². The number of rotatable bonds is 4. The average molecular weight is 228 g/mol. The van der Waals surface area contributed by atoms with Crippen molar-refractivity contribution in [2.75, 3.05) is 12.0 Å². The molecule has 0 amide bonds. The van der Waals surface area contributed by atoms with Gasteiger partial charge in [0.25, 0.3) is 0 Å². The van der Waals surface area contributed by atoms with Crippen LogP contribution < -0.4 is 0 Å². The Morgan fingerprint density at radius 2 is 2.07 bits per heavy atom. The molecule has 1 nitrogen and oxygen atoms in total. The maximum absolute atomic E-state index is 12.0. The number of hydrogen-bond donors (Lipinski definition) is 0. The summed E-state index contributed by atoms with van der Waals surface area (Å²) in [4.78, 5) is 12.0. The van der Waals surface area contributed by atoms with Crippen molar-refractivity contribution in [3.8, 4) is 0 Å². The van der Waals surface area contributed by atoms with Gasteiger partial charge in [-0.2, -0.15) is 11.8 Å². The van der Waals surface area contributed by atoms with E-state index in [0.29, 0.717) is 17.6 Å². The average Bonchev–Trinajstić information content (AvgIpc) is 2.14. The third-order valence-corrected chi connectivity index (χ3v) is 4.39. The Labute approximate surface area is 98.4 Å². The van der Waals surface area contributed by atoms with E-state index in [0.717, 1.165) is 12.8 Å². The van der Waals surface area contributed by atoms with Crippen molar-refractivity contribution in [3.63, 3.8) is 0 Å². The van der Waals surface area contributed by atoms with Crippen molar-refractivity contribution in [2.45, 2.75) is 46.5 Å². The van der Waals surface area contributed by atoms with Gasteiger partial charge in [-0.25, -0.2) is 0 Å². The Morgan fingerprint density at radius 3 is 2.60 bits per heavy atom. The van der Waals surface area contributed by atoms with Gasteiger partial charge in [-0.1, -0.05) is 20.8 Å². The lowest BCUT2D eigenvalue weighted by molar-refractivity contribution is -0.130. The number of thioether (sulfide) groups is 1. The van der Waals surface area contributed by atoms with Gasteiger partial charge in [-0.05, 0) is 42.6 Å². The number of Topliss-reactive ketones (excluding diaryl/α,β-unsaturated/α-hetero) is 1. The molecule has 88 valence electrons. The highest BCUT2D eigenvalue weighted by atomic mass is 32.2. The van der Waals surface area contributed by atoms with E-state index in [-0.39, 0.29) is 5.41 Å². The lowest BCUT2D eigenvalue weighted by Crippen LogP contribution is -2.35. The molecule has 0 aliphatic heterocycles. The molecule has 0 saturated heterocycles. The molecule has 0 aromatic carbocycles. The fourth-order valence-electron chi connectivity index (χ4n) is 2.57. The van der Waals surface area contributed by atoms with E-state index in [9.17, 15) is 4.79 Å². The summed E-state index contributed by atoms with van der Waals surface area (Å²) >= 11 is 1.88. The molecule has 0 bridgehead atoms. The largest absolute Gasteiger partial charge is 0.299 e. The predicted molar refractivity (Wildman–Crippen MR) is 68.3 cm³/mol. The second-order valence-electron chi connectivity index (χ2n) is 5.64. The van der Waals surface area contributed by atoms with Gasteiger partial charge >= 0.3 is 0 Å². The fraction of sp³-hybridized carbons (Fsp3) is 0.923. The van der Waals surface area contributed by atoms with Crippen molar-refractivity contribution in [2.24, 2.45) is 17.3 Å². The van der Waals surface area contributed by atoms with E-state index >= 15 is 0 Å². The topological polar surface area (TPSA) is 17.1 Å². The summed E-state index contributed by atoms with van der Waals surface area (Å²) in [6.07, 6.45) is 6.47. The molecule has 0 aromatic heterocycles. The smallest absolute Gasteiger partial charge is 0.136 e. The molecule has 15 heavy (non-hydrogen) atoms. The number of carbonyl (C=O) groups excluding carboxylic acids is 1. The van der Waals surface area contributed by atoms with E-state index in [2.05, 4.69) is 27.0 Å². The molecule has 0 heterocycles. The standard InChI is InChI=1S/C13H24OS/c1-10-5-6-11(12(14)9-10)13(2,3)7-8-15-4/h10-11H,5-9H2,1-4H3. The van der Waals surface area contributed by atoms with Gasteiger partial charge in [0.15, 0.2) is 0 Å². The molecular weight excluding hydrogens is 204 g/mol. The van der Waals surface area contributed by atoms with E-state index in [4.69, 9.17) is 0 Å². The first-order chi connectivity index (χ1) is 6.97. The molecule has 1 fully saturated rings. The van der Waals surface area contributed by atoms with Crippen LogP contribution in [0.5, 0.6) is 0 Å². The predicted octanol–water partition coefficient (Wildman–Crippen LogP) is 3.77. The summed E-state index contributed by atoms with van der Waals surface area (Å²) in [6.45, 7) is 6.73. The van der Waals surface area contributed by atoms with Crippen LogP contribution in [0.4, 0.5) is 0 Å². The molecular formula is C13H24OS. The minimum Gasteiger partial charge on any atom is -0.299 e. The van der Waals surface area contributed by atoms with E-state index in [1.54, 1.807) is 0 Å². The Balaban J connectivity index is 2.57. The Bertz CT molecular complexity index is 223. The maximum atomic E-state index is 12.0. The minimum absolute atomic E-state index is 0.209. The SMILES string of the molecule is CSCCC(C)(C)C1CCC(C)CC1=O. The minimum atomic E-state index is 0.209. The van der Waals surface area contributed by atoms with Gasteiger partial charge in [0.2, 0.25) is 0 Å². The third-order valence-electron chi connectivity index (χ3n) is 3.78. The van der Waals surface area contributed by atoms with Crippen LogP contribution in [0.25, 0.3) is 0 Å². The second kappa shape index (κ2) is 5.38. The van der Waals surface area contributed by atoms with Gasteiger partial charge in [0.05, 0.1) is 0 Å². The summed E-state index contributed by atoms with van der Waals surface area (Å²) in [6, 6.07) is 0. The lowest BCUT2D eigenvalue weighted by Gasteiger charge is -2.37. The van der Waals surface area contributed by atoms with Crippen LogP contribution in [-0.4, -0.2) is 17.8 Å². The van der Waals surface area contributed by atoms with Crippen LogP contribution in [0.1, 0.15) is 46.5 Å². The van der Waals surface area contributed by atoms with Crippen molar-refractivity contribution < 1.29 is 4.79 Å². The van der Waals surface area contributed by atoms with E-state index < -0.39 is 0 Å². The quantitative estimate of drug-likeness (QED) is 0.728. The van der Waals surface area contributed by atoms with E-state index in [1.165, 1.54) is 18.6 Å². The summed E-state index contributed by atoms with van der Waals surface area (Å²) in [5, 5.41) is 0. The second-order valence-corrected chi connectivity index (χ2v) is 6.62. The van der Waals surface area contributed by atoms with Crippen molar-refractivity contribution >= 4 is 17.5 Å². The summed E-state index contributed by atoms with van der Waals surface area (Å²) < 4.78 is 0. The van der Waals surface area contributed by atoms with Gasteiger partial charge in [0.1, 0.15) is 5.78 Å². The zero-order valence-electron chi connectivity index (χ0n) is 10.5. The molecule has 2 unspecified atom stereocenters. The fourth-order valence-corrected chi connectivity index (χ4v) is 3.30. The molecule has 1 saturated carbocycles. The monoisotopic (exact) mass is 228 g/mol. The molecule has 0 radical (unpaired) electrons. The van der Waals surface area contributed by atoms with Crippen LogP contribution >= 0.6 is 11.8 Å². The zero-order chi connectivity index (χ0) is 11.5. The number of hydrogen-bond acceptors (Lipinski definition) is 2. The summed E-state index contributed by atoms with van der Waals surface area (Å²) in [7, 11) is 0. The molecule has 0 spiro atoms. The normalized spacial score (nSPS) is 28.1. The van der Waals surface area contributed by atoms with E-state index in [1.807, 2.05) is 11.8 Å². The number of carbonyl (C=O) groups is 1. The molecule has 2 heteroatoms. The van der Waals surface area contributed by atoms with Gasteiger partial charge in [-0.15, -0.1) is 0 Å². The van der Waals surface area contributed by atoms with Crippen molar-refractivity contribution in [3.05, 3.63) is 0 Å². The Hall–Kier alpha value is 0.0200. The number of ketones is 1. The van der Waals surface area contributed by atoms with Gasteiger partial charge in [-0.3, -0.25) is 4.79 Å².